The molecule has 1 rings (SSSR count). The zero-order valence-electron chi connectivity index (χ0n) is 9.00. The van der Waals surface area contributed by atoms with E-state index in [0.717, 1.165) is 11.8 Å². The molecule has 0 spiro atoms. The lowest BCUT2D eigenvalue weighted by molar-refractivity contribution is 0.636. The molecule has 0 aromatic carbocycles. The van der Waals surface area contributed by atoms with Crippen LogP contribution in [-0.2, 0) is 0 Å². The average molecular weight is 178 g/mol. The van der Waals surface area contributed by atoms with Gasteiger partial charge in [-0.3, -0.25) is 0 Å². The van der Waals surface area contributed by atoms with E-state index < -0.39 is 0 Å². The van der Waals surface area contributed by atoms with E-state index in [4.69, 9.17) is 0 Å². The normalized spacial score (nSPS) is 29.4. The molecule has 0 aliphatic heterocycles. The number of hydrogen-bond acceptors (Lipinski definition) is 0. The van der Waals surface area contributed by atoms with Gasteiger partial charge in [-0.05, 0) is 44.4 Å². The fraction of sp³-hybridized carbons (Fsp3) is 0.692. The standard InChI is InChI=1S/C13H22/c1-3-5-6-8-13-10-9-12(11-13)7-4-2/h4,6-8,12-13H,3,5,9-11H2,1-2H3. The molecule has 0 N–H and O–H groups in total. The maximum atomic E-state index is 2.44. The molecule has 0 radical (unpaired) electrons. The van der Waals surface area contributed by atoms with Crippen molar-refractivity contribution in [3.8, 4) is 0 Å². The Bertz CT molecular complexity index is 176. The highest BCUT2D eigenvalue weighted by molar-refractivity contribution is 4.98. The zero-order chi connectivity index (χ0) is 9.52. The van der Waals surface area contributed by atoms with Gasteiger partial charge in [0.05, 0.1) is 0 Å². The van der Waals surface area contributed by atoms with Crippen molar-refractivity contribution in [1.29, 1.82) is 0 Å². The minimum absolute atomic E-state index is 0.862. The Balaban J connectivity index is 2.24. The summed E-state index contributed by atoms with van der Waals surface area (Å²) in [6.07, 6.45) is 16.1. The van der Waals surface area contributed by atoms with Gasteiger partial charge in [-0.15, -0.1) is 0 Å². The Kier molecular flexibility index (Phi) is 4.88. The van der Waals surface area contributed by atoms with Crippen LogP contribution in [0, 0.1) is 11.8 Å². The van der Waals surface area contributed by atoms with E-state index in [1.165, 1.54) is 32.1 Å². The van der Waals surface area contributed by atoms with Crippen LogP contribution in [0.3, 0.4) is 0 Å². The summed E-state index contributed by atoms with van der Waals surface area (Å²) in [5.74, 6) is 1.73. The summed E-state index contributed by atoms with van der Waals surface area (Å²) in [5, 5.41) is 0. The maximum Gasteiger partial charge on any atom is -0.0228 e. The van der Waals surface area contributed by atoms with Gasteiger partial charge >= 0.3 is 0 Å². The van der Waals surface area contributed by atoms with Crippen LogP contribution in [0.1, 0.15) is 46.0 Å². The largest absolute Gasteiger partial charge is 0.0914 e. The van der Waals surface area contributed by atoms with E-state index in [-0.39, 0.29) is 0 Å². The average Bonchev–Trinajstić information content (AvgIpc) is 2.54. The van der Waals surface area contributed by atoms with Crippen molar-refractivity contribution in [1.82, 2.24) is 0 Å². The van der Waals surface area contributed by atoms with Crippen molar-refractivity contribution in [2.75, 3.05) is 0 Å². The fourth-order valence-corrected chi connectivity index (χ4v) is 2.13. The lowest BCUT2D eigenvalue weighted by Gasteiger charge is -2.02. The first kappa shape index (κ1) is 10.6. The topological polar surface area (TPSA) is 0 Å². The van der Waals surface area contributed by atoms with Crippen LogP contribution in [0.15, 0.2) is 24.3 Å². The van der Waals surface area contributed by atoms with Crippen molar-refractivity contribution >= 4 is 0 Å². The van der Waals surface area contributed by atoms with Gasteiger partial charge in [0.15, 0.2) is 0 Å². The van der Waals surface area contributed by atoms with E-state index in [9.17, 15) is 0 Å². The predicted molar refractivity (Wildman–Crippen MR) is 59.7 cm³/mol. The van der Waals surface area contributed by atoms with Crippen molar-refractivity contribution in [3.05, 3.63) is 24.3 Å². The highest BCUT2D eigenvalue weighted by Gasteiger charge is 2.19. The molecule has 1 saturated carbocycles. The third-order valence-corrected chi connectivity index (χ3v) is 2.84. The van der Waals surface area contributed by atoms with Crippen molar-refractivity contribution in [2.24, 2.45) is 11.8 Å². The molecule has 0 heteroatoms. The Morgan fingerprint density at radius 1 is 1.15 bits per heavy atom. The summed E-state index contributed by atoms with van der Waals surface area (Å²) in [6, 6.07) is 0. The molecule has 2 atom stereocenters. The highest BCUT2D eigenvalue weighted by Crippen LogP contribution is 2.32. The van der Waals surface area contributed by atoms with Gasteiger partial charge in [0.2, 0.25) is 0 Å². The molecule has 1 aliphatic rings. The molecule has 0 aromatic heterocycles. The number of rotatable bonds is 4. The molecular formula is C13H22. The van der Waals surface area contributed by atoms with E-state index in [1.54, 1.807) is 0 Å². The summed E-state index contributed by atoms with van der Waals surface area (Å²) in [6.45, 7) is 4.36. The minimum Gasteiger partial charge on any atom is -0.0914 e. The third kappa shape index (κ3) is 3.80. The van der Waals surface area contributed by atoms with E-state index in [2.05, 4.69) is 38.2 Å². The number of hydrogen-bond donors (Lipinski definition) is 0. The molecule has 1 aliphatic carbocycles. The van der Waals surface area contributed by atoms with Gasteiger partial charge in [0, 0.05) is 0 Å². The monoisotopic (exact) mass is 178 g/mol. The second-order valence-corrected chi connectivity index (χ2v) is 4.08. The summed E-state index contributed by atoms with van der Waals surface area (Å²) in [7, 11) is 0. The lowest BCUT2D eigenvalue weighted by Crippen LogP contribution is -1.90. The molecule has 0 amide bonds. The van der Waals surface area contributed by atoms with E-state index in [1.807, 2.05) is 0 Å². The first-order valence-electron chi connectivity index (χ1n) is 5.66. The smallest absolute Gasteiger partial charge is 0.0228 e. The number of unbranched alkanes of at least 4 members (excludes halogenated alkanes) is 1. The van der Waals surface area contributed by atoms with Crippen LogP contribution < -0.4 is 0 Å². The van der Waals surface area contributed by atoms with Crippen LogP contribution in [0.25, 0.3) is 0 Å². The molecule has 1 fully saturated rings. The Hall–Kier alpha value is -0.520. The summed E-state index contributed by atoms with van der Waals surface area (Å²) in [5.41, 5.74) is 0. The quantitative estimate of drug-likeness (QED) is 0.562. The van der Waals surface area contributed by atoms with Gasteiger partial charge in [-0.1, -0.05) is 37.6 Å². The van der Waals surface area contributed by atoms with Crippen molar-refractivity contribution in [3.63, 3.8) is 0 Å². The molecule has 0 aromatic rings. The minimum atomic E-state index is 0.862. The van der Waals surface area contributed by atoms with E-state index >= 15 is 0 Å². The van der Waals surface area contributed by atoms with Gasteiger partial charge < -0.3 is 0 Å². The predicted octanol–water partition coefficient (Wildman–Crippen LogP) is 4.34. The van der Waals surface area contributed by atoms with Crippen LogP contribution in [-0.4, -0.2) is 0 Å². The SMILES string of the molecule is CC=CC1CCC(C=CCCC)C1. The van der Waals surface area contributed by atoms with Crippen LogP contribution in [0.4, 0.5) is 0 Å². The van der Waals surface area contributed by atoms with Crippen LogP contribution in [0.5, 0.6) is 0 Å². The fourth-order valence-electron chi connectivity index (χ4n) is 2.13. The molecule has 13 heavy (non-hydrogen) atoms. The summed E-state index contributed by atoms with van der Waals surface area (Å²) < 4.78 is 0. The molecule has 0 saturated heterocycles. The maximum absolute atomic E-state index is 2.44. The van der Waals surface area contributed by atoms with Crippen molar-refractivity contribution < 1.29 is 0 Å². The summed E-state index contributed by atoms with van der Waals surface area (Å²) >= 11 is 0. The Morgan fingerprint density at radius 3 is 2.46 bits per heavy atom. The molecular weight excluding hydrogens is 156 g/mol. The molecule has 74 valence electrons. The first-order chi connectivity index (χ1) is 6.36. The van der Waals surface area contributed by atoms with Gasteiger partial charge in [-0.25, -0.2) is 0 Å². The van der Waals surface area contributed by atoms with Gasteiger partial charge in [0.25, 0.3) is 0 Å². The molecule has 0 bridgehead atoms. The van der Waals surface area contributed by atoms with Gasteiger partial charge in [-0.2, -0.15) is 0 Å². The number of allylic oxidation sites excluding steroid dienone is 4. The Labute approximate surface area is 82.7 Å². The highest BCUT2D eigenvalue weighted by atomic mass is 14.2. The molecule has 0 nitrogen and oxygen atoms in total. The van der Waals surface area contributed by atoms with E-state index in [0.29, 0.717) is 0 Å². The molecule has 2 unspecified atom stereocenters. The second-order valence-electron chi connectivity index (χ2n) is 4.08. The molecule has 0 heterocycles. The van der Waals surface area contributed by atoms with Crippen molar-refractivity contribution in [2.45, 2.75) is 46.0 Å². The lowest BCUT2D eigenvalue weighted by atomic mass is 10.0. The summed E-state index contributed by atoms with van der Waals surface area (Å²) in [4.78, 5) is 0. The zero-order valence-corrected chi connectivity index (χ0v) is 9.00. The van der Waals surface area contributed by atoms with Gasteiger partial charge in [0.1, 0.15) is 0 Å². The van der Waals surface area contributed by atoms with Crippen LogP contribution >= 0.6 is 0 Å². The second kappa shape index (κ2) is 6.01. The first-order valence-corrected chi connectivity index (χ1v) is 5.66. The third-order valence-electron chi connectivity index (χ3n) is 2.84. The Morgan fingerprint density at radius 2 is 1.85 bits per heavy atom. The van der Waals surface area contributed by atoms with Crippen LogP contribution in [0.2, 0.25) is 0 Å².